The van der Waals surface area contributed by atoms with Crippen LogP contribution in [0.3, 0.4) is 0 Å². The lowest BCUT2D eigenvalue weighted by Gasteiger charge is -2.21. The number of ether oxygens (including phenoxy) is 2. The molecule has 0 bridgehead atoms. The number of non-ortho nitro benzene ring substituents is 1. The van der Waals surface area contributed by atoms with Crippen molar-refractivity contribution in [2.75, 3.05) is 25.2 Å². The minimum atomic E-state index is -1.08. The van der Waals surface area contributed by atoms with E-state index in [-0.39, 0.29) is 24.1 Å². The van der Waals surface area contributed by atoms with Gasteiger partial charge in [0.15, 0.2) is 6.61 Å². The maximum Gasteiger partial charge on any atom is 0.338 e. The van der Waals surface area contributed by atoms with Crippen molar-refractivity contribution in [2.45, 2.75) is 6.42 Å². The molecule has 160 valence electrons. The minimum absolute atomic E-state index is 0.0234. The number of benzene rings is 2. The highest BCUT2D eigenvalue weighted by Crippen LogP contribution is 2.20. The zero-order chi connectivity index (χ0) is 23.0. The van der Waals surface area contributed by atoms with E-state index in [4.69, 9.17) is 10.00 Å². The molecule has 2 aromatic carbocycles. The second-order valence-electron chi connectivity index (χ2n) is 6.02. The highest BCUT2D eigenvalue weighted by molar-refractivity contribution is 5.99. The fraction of sp³-hybridized carbons (Fsp3) is 0.200. The highest BCUT2D eigenvalue weighted by Gasteiger charge is 2.22. The molecular formula is C20H16FN3O7. The summed E-state index contributed by atoms with van der Waals surface area (Å²) in [6.45, 7) is -0.778. The molecule has 0 aromatic heterocycles. The third-order valence-electron chi connectivity index (χ3n) is 4.00. The zero-order valence-corrected chi connectivity index (χ0v) is 16.2. The first kappa shape index (κ1) is 23.0. The molecule has 2 rings (SSSR count). The molecule has 31 heavy (non-hydrogen) atoms. The number of amides is 1. The number of carbonyl (C=O) groups is 3. The van der Waals surface area contributed by atoms with E-state index in [0.29, 0.717) is 5.69 Å². The van der Waals surface area contributed by atoms with Crippen molar-refractivity contribution in [3.63, 3.8) is 0 Å². The Morgan fingerprint density at radius 2 is 1.74 bits per heavy atom. The van der Waals surface area contributed by atoms with E-state index in [9.17, 15) is 28.9 Å². The van der Waals surface area contributed by atoms with Crippen molar-refractivity contribution in [3.8, 4) is 6.07 Å². The number of anilines is 1. The predicted molar refractivity (Wildman–Crippen MR) is 104 cm³/mol. The summed E-state index contributed by atoms with van der Waals surface area (Å²) < 4.78 is 22.6. The first-order chi connectivity index (χ1) is 14.8. The molecule has 0 fully saturated rings. The number of hydrogen-bond donors (Lipinski definition) is 0. The van der Waals surface area contributed by atoms with Crippen LogP contribution in [0.15, 0.2) is 42.5 Å². The quantitative estimate of drug-likeness (QED) is 0.354. The molecule has 0 saturated heterocycles. The molecule has 0 aliphatic rings. The molecule has 0 unspecified atom stereocenters. The van der Waals surface area contributed by atoms with Crippen LogP contribution in [0.1, 0.15) is 27.1 Å². The summed E-state index contributed by atoms with van der Waals surface area (Å²) in [7, 11) is 1.07. The standard InChI is InChI=1S/C20H16FN3O7/c1-30-19(26)13-9-14(11-17(10-13)24(28)29)20(27)31-12-18(25)23(8-2-7-22)16-5-3-15(21)4-6-16/h3-6,9-11H,2,8,12H2,1H3. The van der Waals surface area contributed by atoms with Crippen LogP contribution in [0.2, 0.25) is 0 Å². The molecule has 0 aliphatic carbocycles. The summed E-state index contributed by atoms with van der Waals surface area (Å²) in [5.41, 5.74) is -0.811. The minimum Gasteiger partial charge on any atom is -0.465 e. The highest BCUT2D eigenvalue weighted by atomic mass is 19.1. The van der Waals surface area contributed by atoms with Gasteiger partial charge < -0.3 is 14.4 Å². The number of halogens is 1. The van der Waals surface area contributed by atoms with Gasteiger partial charge in [-0.15, -0.1) is 0 Å². The summed E-state index contributed by atoms with van der Waals surface area (Å²) in [5, 5.41) is 19.9. The van der Waals surface area contributed by atoms with Gasteiger partial charge in [-0.3, -0.25) is 14.9 Å². The van der Waals surface area contributed by atoms with E-state index in [2.05, 4.69) is 4.74 Å². The van der Waals surface area contributed by atoms with Crippen LogP contribution in [0.4, 0.5) is 15.8 Å². The molecular weight excluding hydrogens is 413 g/mol. The number of rotatable bonds is 8. The number of nitriles is 1. The van der Waals surface area contributed by atoms with E-state index < -0.39 is 40.9 Å². The van der Waals surface area contributed by atoms with Crippen molar-refractivity contribution in [3.05, 3.63) is 69.5 Å². The van der Waals surface area contributed by atoms with Crippen LogP contribution in [0, 0.1) is 27.3 Å². The third kappa shape index (κ3) is 6.07. The average Bonchev–Trinajstić information content (AvgIpc) is 2.77. The van der Waals surface area contributed by atoms with Gasteiger partial charge in [0.2, 0.25) is 0 Å². The third-order valence-corrected chi connectivity index (χ3v) is 4.00. The molecule has 0 heterocycles. The second kappa shape index (κ2) is 10.4. The summed E-state index contributed by atoms with van der Waals surface area (Å²) in [6.07, 6.45) is -0.0234. The van der Waals surface area contributed by atoms with Crippen molar-refractivity contribution in [1.29, 1.82) is 5.26 Å². The van der Waals surface area contributed by atoms with Gasteiger partial charge in [0, 0.05) is 24.4 Å². The van der Waals surface area contributed by atoms with Gasteiger partial charge in [-0.2, -0.15) is 5.26 Å². The lowest BCUT2D eigenvalue weighted by atomic mass is 10.1. The van der Waals surface area contributed by atoms with Gasteiger partial charge in [0.25, 0.3) is 11.6 Å². The maximum atomic E-state index is 13.1. The Morgan fingerprint density at radius 3 is 2.29 bits per heavy atom. The van der Waals surface area contributed by atoms with Crippen molar-refractivity contribution >= 4 is 29.2 Å². The van der Waals surface area contributed by atoms with E-state index in [1.165, 1.54) is 12.1 Å². The number of esters is 2. The average molecular weight is 429 g/mol. The number of hydrogen-bond acceptors (Lipinski definition) is 8. The van der Waals surface area contributed by atoms with Gasteiger partial charge >= 0.3 is 11.9 Å². The molecule has 0 saturated carbocycles. The fourth-order valence-electron chi connectivity index (χ4n) is 2.54. The molecule has 11 heteroatoms. The number of methoxy groups -OCH3 is 1. The van der Waals surface area contributed by atoms with E-state index in [1.54, 1.807) is 0 Å². The first-order valence-electron chi connectivity index (χ1n) is 8.74. The monoisotopic (exact) mass is 429 g/mol. The molecule has 0 atom stereocenters. The van der Waals surface area contributed by atoms with E-state index in [1.807, 2.05) is 6.07 Å². The lowest BCUT2D eigenvalue weighted by molar-refractivity contribution is -0.384. The Morgan fingerprint density at radius 1 is 1.13 bits per heavy atom. The Bertz CT molecular complexity index is 1050. The number of nitro benzene ring substituents is 1. The van der Waals surface area contributed by atoms with Gasteiger partial charge in [-0.1, -0.05) is 0 Å². The van der Waals surface area contributed by atoms with Crippen LogP contribution in [0.25, 0.3) is 0 Å². The first-order valence-corrected chi connectivity index (χ1v) is 8.74. The van der Waals surface area contributed by atoms with Crippen LogP contribution >= 0.6 is 0 Å². The van der Waals surface area contributed by atoms with Gasteiger partial charge in [0.05, 0.1) is 35.7 Å². The summed E-state index contributed by atoms with van der Waals surface area (Å²) in [6, 6.07) is 9.67. The number of nitro groups is 1. The van der Waals surface area contributed by atoms with Crippen molar-refractivity contribution in [1.82, 2.24) is 0 Å². The smallest absolute Gasteiger partial charge is 0.338 e. The lowest BCUT2D eigenvalue weighted by Crippen LogP contribution is -2.35. The summed E-state index contributed by atoms with van der Waals surface area (Å²) in [4.78, 5) is 48.0. The van der Waals surface area contributed by atoms with E-state index in [0.717, 1.165) is 42.3 Å². The van der Waals surface area contributed by atoms with E-state index >= 15 is 0 Å². The predicted octanol–water partition coefficient (Wildman–Crippen LogP) is 2.62. The Labute approximate surface area is 175 Å². The Hall–Kier alpha value is -4.33. The maximum absolute atomic E-state index is 13.1. The van der Waals surface area contributed by atoms with Crippen LogP contribution in [-0.2, 0) is 14.3 Å². The second-order valence-corrected chi connectivity index (χ2v) is 6.02. The fourth-order valence-corrected chi connectivity index (χ4v) is 2.54. The number of nitrogens with zero attached hydrogens (tertiary/aromatic N) is 3. The van der Waals surface area contributed by atoms with Crippen molar-refractivity contribution < 1.29 is 33.2 Å². The van der Waals surface area contributed by atoms with Gasteiger partial charge in [0.1, 0.15) is 5.82 Å². The number of carbonyl (C=O) groups excluding carboxylic acids is 3. The van der Waals surface area contributed by atoms with Crippen LogP contribution in [-0.4, -0.2) is 43.0 Å². The Balaban J connectivity index is 2.19. The van der Waals surface area contributed by atoms with Crippen LogP contribution in [0.5, 0.6) is 0 Å². The topological polar surface area (TPSA) is 140 Å². The Kier molecular flexibility index (Phi) is 7.74. The van der Waals surface area contributed by atoms with Gasteiger partial charge in [-0.25, -0.2) is 14.0 Å². The summed E-state index contributed by atoms with van der Waals surface area (Å²) in [5.74, 6) is -3.20. The molecule has 0 N–H and O–H groups in total. The molecule has 0 radical (unpaired) electrons. The largest absolute Gasteiger partial charge is 0.465 e. The molecule has 10 nitrogen and oxygen atoms in total. The SMILES string of the molecule is COC(=O)c1cc(C(=O)OCC(=O)N(CCC#N)c2ccc(F)cc2)cc([N+](=O)[O-])c1. The molecule has 2 aromatic rings. The normalized spacial score (nSPS) is 9.97. The summed E-state index contributed by atoms with van der Waals surface area (Å²) >= 11 is 0. The zero-order valence-electron chi connectivity index (χ0n) is 16.2. The molecule has 1 amide bonds. The molecule has 0 aliphatic heterocycles. The van der Waals surface area contributed by atoms with Crippen molar-refractivity contribution in [2.24, 2.45) is 0 Å². The molecule has 0 spiro atoms. The van der Waals surface area contributed by atoms with Gasteiger partial charge in [-0.05, 0) is 30.3 Å². The van der Waals surface area contributed by atoms with Crippen LogP contribution < -0.4 is 4.90 Å².